The Labute approximate surface area is 185 Å². The molecule has 3 N–H and O–H groups in total. The molecule has 0 saturated carbocycles. The molecule has 0 spiro atoms. The molecule has 8 heteroatoms. The van der Waals surface area contributed by atoms with E-state index in [1.165, 1.54) is 6.07 Å². The number of H-pyrrole nitrogens is 1. The van der Waals surface area contributed by atoms with Crippen molar-refractivity contribution in [3.05, 3.63) is 35.0 Å². The highest BCUT2D eigenvalue weighted by Gasteiger charge is 2.43. The summed E-state index contributed by atoms with van der Waals surface area (Å²) in [5, 5.41) is 13.6. The van der Waals surface area contributed by atoms with Gasteiger partial charge in [-0.3, -0.25) is 4.79 Å². The first-order valence-corrected chi connectivity index (χ1v) is 11.6. The average molecular weight is 450 g/mol. The van der Waals surface area contributed by atoms with E-state index in [1.807, 2.05) is 0 Å². The minimum Gasteiger partial charge on any atom is -0.480 e. The number of nitrogens with zero attached hydrogens (tertiary/aromatic N) is 1. The van der Waals surface area contributed by atoms with Gasteiger partial charge in [0.1, 0.15) is 5.54 Å². The van der Waals surface area contributed by atoms with E-state index in [1.54, 1.807) is 6.07 Å². The van der Waals surface area contributed by atoms with Crippen LogP contribution in [0.3, 0.4) is 0 Å². The van der Waals surface area contributed by atoms with E-state index < -0.39 is 23.2 Å². The van der Waals surface area contributed by atoms with Gasteiger partial charge in [0, 0.05) is 29.7 Å². The molecule has 1 aromatic carbocycles. The molecule has 3 heterocycles. The van der Waals surface area contributed by atoms with Gasteiger partial charge in [-0.05, 0) is 86.7 Å². The van der Waals surface area contributed by atoms with Gasteiger partial charge in [0.15, 0.2) is 0 Å². The van der Waals surface area contributed by atoms with Crippen LogP contribution in [0.5, 0.6) is 0 Å². The van der Waals surface area contributed by atoms with Gasteiger partial charge in [-0.25, -0.2) is 0 Å². The first-order valence-electron chi connectivity index (χ1n) is 11.6. The van der Waals surface area contributed by atoms with Crippen LogP contribution in [0.1, 0.15) is 55.3 Å². The first kappa shape index (κ1) is 21.8. The molecule has 1 aromatic heterocycles. The number of aromatic nitrogens is 1. The van der Waals surface area contributed by atoms with Gasteiger partial charge in [0.25, 0.3) is 0 Å². The van der Waals surface area contributed by atoms with E-state index in [0.29, 0.717) is 30.1 Å². The molecule has 5 rings (SSSR count). The number of likely N-dealkylation sites (tertiary alicyclic amines) is 1. The average Bonchev–Trinajstić information content (AvgIpc) is 3.37. The highest BCUT2D eigenvalue weighted by atomic mass is 19.4. The summed E-state index contributed by atoms with van der Waals surface area (Å²) in [7, 11) is 0. The summed E-state index contributed by atoms with van der Waals surface area (Å²) in [6.45, 7) is 5.43. The summed E-state index contributed by atoms with van der Waals surface area (Å²) in [6.07, 6.45) is -0.313. The maximum Gasteiger partial charge on any atom is 0.416 e. The Balaban J connectivity index is 1.36. The lowest BCUT2D eigenvalue weighted by Gasteiger charge is -2.45. The molecule has 32 heavy (non-hydrogen) atoms. The van der Waals surface area contributed by atoms with E-state index in [-0.39, 0.29) is 5.92 Å². The second-order valence-corrected chi connectivity index (χ2v) is 9.95. The first-order chi connectivity index (χ1) is 15.2. The maximum absolute atomic E-state index is 13.3. The zero-order chi connectivity index (χ0) is 22.7. The van der Waals surface area contributed by atoms with Gasteiger partial charge in [0.2, 0.25) is 0 Å². The Hall–Kier alpha value is -2.06. The zero-order valence-electron chi connectivity index (χ0n) is 18.3. The van der Waals surface area contributed by atoms with Crippen molar-refractivity contribution in [2.24, 2.45) is 11.8 Å². The van der Waals surface area contributed by atoms with E-state index in [0.717, 1.165) is 68.3 Å². The van der Waals surface area contributed by atoms with Crippen molar-refractivity contribution in [2.75, 3.05) is 26.2 Å². The van der Waals surface area contributed by atoms with Gasteiger partial charge < -0.3 is 20.3 Å². The molecule has 1 aliphatic carbocycles. The summed E-state index contributed by atoms with van der Waals surface area (Å²) in [6, 6.07) is 4.00. The van der Waals surface area contributed by atoms with E-state index in [4.69, 9.17) is 0 Å². The number of alkyl halides is 3. The summed E-state index contributed by atoms with van der Waals surface area (Å²) < 4.78 is 39.9. The topological polar surface area (TPSA) is 68.4 Å². The lowest BCUT2D eigenvalue weighted by molar-refractivity contribution is -0.144. The number of nitrogens with one attached hydrogen (secondary N) is 2. The molecular formula is C24H30F3N3O2. The number of halogens is 3. The zero-order valence-corrected chi connectivity index (χ0v) is 18.3. The monoisotopic (exact) mass is 449 g/mol. The fourth-order valence-corrected chi connectivity index (χ4v) is 6.38. The van der Waals surface area contributed by atoms with Crippen molar-refractivity contribution in [1.29, 1.82) is 0 Å². The number of rotatable bonds is 4. The number of piperidine rings is 1. The predicted molar refractivity (Wildman–Crippen MR) is 116 cm³/mol. The second-order valence-electron chi connectivity index (χ2n) is 9.95. The van der Waals surface area contributed by atoms with Crippen LogP contribution < -0.4 is 5.32 Å². The number of hydrogen-bond donors (Lipinski definition) is 3. The van der Waals surface area contributed by atoms with E-state index in [9.17, 15) is 23.1 Å². The Morgan fingerprint density at radius 1 is 1.34 bits per heavy atom. The van der Waals surface area contributed by atoms with Gasteiger partial charge in [0.05, 0.1) is 5.56 Å². The number of hydrogen-bond acceptors (Lipinski definition) is 3. The van der Waals surface area contributed by atoms with Gasteiger partial charge >= 0.3 is 12.1 Å². The largest absolute Gasteiger partial charge is 0.480 e. The highest BCUT2D eigenvalue weighted by molar-refractivity contribution is 5.86. The molecule has 5 nitrogen and oxygen atoms in total. The number of carboxylic acid groups (broad SMARTS) is 1. The molecule has 2 saturated heterocycles. The minimum absolute atomic E-state index is 0.154. The van der Waals surface area contributed by atoms with Crippen LogP contribution >= 0.6 is 0 Å². The summed E-state index contributed by atoms with van der Waals surface area (Å²) in [5.41, 5.74) is 1.48. The number of benzene rings is 1. The van der Waals surface area contributed by atoms with Crippen molar-refractivity contribution in [1.82, 2.24) is 15.2 Å². The number of aliphatic carboxylic acids is 1. The molecule has 174 valence electrons. The van der Waals surface area contributed by atoms with Gasteiger partial charge in [-0.2, -0.15) is 13.2 Å². The normalized spacial score (nSPS) is 30.9. The fraction of sp³-hybridized carbons (Fsp3) is 0.625. The second kappa shape index (κ2) is 7.76. The Morgan fingerprint density at radius 3 is 2.84 bits per heavy atom. The third kappa shape index (κ3) is 3.61. The van der Waals surface area contributed by atoms with Crippen LogP contribution in [0.25, 0.3) is 10.9 Å². The minimum atomic E-state index is -4.35. The van der Waals surface area contributed by atoms with Gasteiger partial charge in [-0.1, -0.05) is 6.92 Å². The third-order valence-electron chi connectivity index (χ3n) is 8.21. The van der Waals surface area contributed by atoms with Crippen LogP contribution in [0.4, 0.5) is 13.2 Å². The molecule has 0 radical (unpaired) electrons. The predicted octanol–water partition coefficient (Wildman–Crippen LogP) is 4.38. The summed E-state index contributed by atoms with van der Waals surface area (Å²) in [5.74, 6) is 0.255. The lowest BCUT2D eigenvalue weighted by Crippen LogP contribution is -2.51. The summed E-state index contributed by atoms with van der Waals surface area (Å²) in [4.78, 5) is 17.6. The quantitative estimate of drug-likeness (QED) is 0.648. The third-order valence-corrected chi connectivity index (χ3v) is 8.21. The van der Waals surface area contributed by atoms with Crippen molar-refractivity contribution in [2.45, 2.75) is 56.7 Å². The van der Waals surface area contributed by atoms with Crippen molar-refractivity contribution in [3.8, 4) is 0 Å². The van der Waals surface area contributed by atoms with Crippen LogP contribution in [-0.2, 0) is 17.4 Å². The SMILES string of the molecule is C[C@H]1c2c([nH]c3ccc(C(F)(F)F)cc23)CC2CCN(CCC3(C(=O)O)CCCN3)C[C@@H]21. The molecule has 2 unspecified atom stereocenters. The van der Waals surface area contributed by atoms with Crippen molar-refractivity contribution >= 4 is 16.9 Å². The van der Waals surface area contributed by atoms with Crippen LogP contribution in [0.2, 0.25) is 0 Å². The molecular weight excluding hydrogens is 419 g/mol. The van der Waals surface area contributed by atoms with Crippen LogP contribution in [0.15, 0.2) is 18.2 Å². The maximum atomic E-state index is 13.3. The molecule has 4 atom stereocenters. The summed E-state index contributed by atoms with van der Waals surface area (Å²) >= 11 is 0. The number of carboxylic acids is 1. The highest BCUT2D eigenvalue weighted by Crippen LogP contribution is 2.47. The fourth-order valence-electron chi connectivity index (χ4n) is 6.38. The van der Waals surface area contributed by atoms with Crippen LogP contribution in [0, 0.1) is 11.8 Å². The standard InChI is InChI=1S/C24H30F3N3O2/c1-14-18-13-30(10-7-23(22(31)32)6-2-8-28-23)9-5-15(18)11-20-21(14)17-12-16(24(25,26)27)3-4-19(17)29-20/h3-4,12,14-15,18,28-29H,2,5-11,13H2,1H3,(H,31,32)/t14-,15?,18-,23?/m1/s1. The molecule has 2 aliphatic heterocycles. The number of carbonyl (C=O) groups is 1. The van der Waals surface area contributed by atoms with Crippen molar-refractivity contribution in [3.63, 3.8) is 0 Å². The molecule has 0 amide bonds. The smallest absolute Gasteiger partial charge is 0.416 e. The number of fused-ring (bicyclic) bond motifs is 4. The number of aromatic amines is 1. The Bertz CT molecular complexity index is 1030. The van der Waals surface area contributed by atoms with Crippen molar-refractivity contribution < 1.29 is 23.1 Å². The Morgan fingerprint density at radius 2 is 2.16 bits per heavy atom. The van der Waals surface area contributed by atoms with E-state index in [2.05, 4.69) is 22.1 Å². The lowest BCUT2D eigenvalue weighted by atomic mass is 9.68. The molecule has 0 bridgehead atoms. The molecule has 3 aliphatic rings. The van der Waals surface area contributed by atoms with Gasteiger partial charge in [-0.15, -0.1) is 0 Å². The van der Waals surface area contributed by atoms with Crippen LogP contribution in [-0.4, -0.2) is 52.7 Å². The van der Waals surface area contributed by atoms with E-state index >= 15 is 0 Å². The molecule has 2 fully saturated rings. The molecule has 2 aromatic rings. The Kier molecular flexibility index (Phi) is 5.28.